The molecule has 1 saturated heterocycles. The van der Waals surface area contributed by atoms with Crippen molar-refractivity contribution in [1.29, 1.82) is 0 Å². The first-order valence-corrected chi connectivity index (χ1v) is 12.6. The SMILES string of the molecule is COc1cncc(-c2cn(C(C)n3ccc(N4CCC[C@@H](NCC5CCC5)C4)cc3=O)nn2)c1C. The fourth-order valence-corrected chi connectivity index (χ4v) is 5.07. The third-order valence-electron chi connectivity index (χ3n) is 7.60. The summed E-state index contributed by atoms with van der Waals surface area (Å²) >= 11 is 0. The Labute approximate surface area is 206 Å². The summed E-state index contributed by atoms with van der Waals surface area (Å²) in [5, 5.41) is 12.4. The Bertz CT molecular complexity index is 1220. The molecule has 1 aliphatic heterocycles. The van der Waals surface area contributed by atoms with Crippen LogP contribution in [0.25, 0.3) is 11.3 Å². The van der Waals surface area contributed by atoms with Crippen molar-refractivity contribution in [2.24, 2.45) is 5.92 Å². The standard InChI is InChI=1S/C26H35N7O2/c1-18-23(14-27-15-25(18)35-3)24-17-33(30-29-24)19(2)32-11-9-22(12-26(32)34)31-10-5-8-21(16-31)28-13-20-6-4-7-20/h9,11-12,14-15,17,19-21,28H,4-8,10,13,16H2,1-3H3/t19?,21-/m1/s1. The molecule has 3 aromatic heterocycles. The molecule has 35 heavy (non-hydrogen) atoms. The van der Waals surface area contributed by atoms with Gasteiger partial charge in [-0.25, -0.2) is 4.68 Å². The van der Waals surface area contributed by atoms with Crippen LogP contribution in [0.4, 0.5) is 5.69 Å². The molecular formula is C26H35N7O2. The van der Waals surface area contributed by atoms with Crippen molar-refractivity contribution < 1.29 is 4.74 Å². The molecule has 5 rings (SSSR count). The maximum Gasteiger partial charge on any atom is 0.254 e. The predicted octanol–water partition coefficient (Wildman–Crippen LogP) is 3.24. The Kier molecular flexibility index (Phi) is 6.86. The number of rotatable bonds is 8. The number of pyridine rings is 2. The molecule has 186 valence electrons. The number of aromatic nitrogens is 5. The zero-order valence-electron chi connectivity index (χ0n) is 20.9. The maximum atomic E-state index is 13.1. The lowest BCUT2D eigenvalue weighted by atomic mass is 9.85. The van der Waals surface area contributed by atoms with Crippen LogP contribution < -0.4 is 20.5 Å². The van der Waals surface area contributed by atoms with Gasteiger partial charge in [0.25, 0.3) is 5.56 Å². The van der Waals surface area contributed by atoms with Gasteiger partial charge in [0.2, 0.25) is 0 Å². The summed E-state index contributed by atoms with van der Waals surface area (Å²) < 4.78 is 8.77. The van der Waals surface area contributed by atoms with Crippen LogP contribution in [-0.2, 0) is 0 Å². The first-order chi connectivity index (χ1) is 17.0. The van der Waals surface area contributed by atoms with E-state index in [0.717, 1.165) is 48.8 Å². The fourth-order valence-electron chi connectivity index (χ4n) is 5.07. The quantitative estimate of drug-likeness (QED) is 0.533. The first kappa shape index (κ1) is 23.5. The van der Waals surface area contributed by atoms with Gasteiger partial charge in [-0.3, -0.25) is 14.3 Å². The number of piperidine rings is 1. The van der Waals surface area contributed by atoms with Crippen molar-refractivity contribution in [3.8, 4) is 17.0 Å². The number of hydrogen-bond acceptors (Lipinski definition) is 7. The molecule has 9 heteroatoms. The molecule has 1 unspecified atom stereocenters. The summed E-state index contributed by atoms with van der Waals surface area (Å²) in [6, 6.07) is 4.28. The molecule has 1 saturated carbocycles. The number of ether oxygens (including phenoxy) is 1. The minimum atomic E-state index is -0.310. The number of nitrogens with zero attached hydrogens (tertiary/aromatic N) is 6. The van der Waals surface area contributed by atoms with Gasteiger partial charge >= 0.3 is 0 Å². The zero-order chi connectivity index (χ0) is 24.4. The van der Waals surface area contributed by atoms with Gasteiger partial charge in [0.15, 0.2) is 0 Å². The summed E-state index contributed by atoms with van der Waals surface area (Å²) in [6.07, 6.45) is 13.3. The summed E-state index contributed by atoms with van der Waals surface area (Å²) in [7, 11) is 1.62. The van der Waals surface area contributed by atoms with Gasteiger partial charge in [0.05, 0.1) is 19.5 Å². The second-order valence-corrected chi connectivity index (χ2v) is 9.85. The second kappa shape index (κ2) is 10.2. The van der Waals surface area contributed by atoms with E-state index in [-0.39, 0.29) is 11.7 Å². The highest BCUT2D eigenvalue weighted by Crippen LogP contribution is 2.28. The van der Waals surface area contributed by atoms with Crippen molar-refractivity contribution in [3.63, 3.8) is 0 Å². The third kappa shape index (κ3) is 4.96. The van der Waals surface area contributed by atoms with Crippen LogP contribution in [0.1, 0.15) is 50.8 Å². The minimum Gasteiger partial charge on any atom is -0.495 e. The van der Waals surface area contributed by atoms with Crippen LogP contribution in [0.2, 0.25) is 0 Å². The van der Waals surface area contributed by atoms with E-state index in [9.17, 15) is 4.79 Å². The topological polar surface area (TPSA) is 90.1 Å². The average molecular weight is 478 g/mol. The number of methoxy groups -OCH3 is 1. The molecule has 0 aromatic carbocycles. The third-order valence-corrected chi connectivity index (χ3v) is 7.60. The molecule has 1 aliphatic carbocycles. The zero-order valence-corrected chi connectivity index (χ0v) is 20.9. The lowest BCUT2D eigenvalue weighted by Gasteiger charge is -2.36. The monoisotopic (exact) mass is 477 g/mol. The van der Waals surface area contributed by atoms with E-state index < -0.39 is 0 Å². The lowest BCUT2D eigenvalue weighted by molar-refractivity contribution is 0.280. The fraction of sp³-hybridized carbons (Fsp3) is 0.538. The smallest absolute Gasteiger partial charge is 0.254 e. The van der Waals surface area contributed by atoms with Gasteiger partial charge in [-0.15, -0.1) is 5.10 Å². The van der Waals surface area contributed by atoms with E-state index in [4.69, 9.17) is 4.74 Å². The van der Waals surface area contributed by atoms with E-state index in [0.29, 0.717) is 17.5 Å². The molecular weight excluding hydrogens is 442 g/mol. The highest BCUT2D eigenvalue weighted by Gasteiger charge is 2.24. The highest BCUT2D eigenvalue weighted by atomic mass is 16.5. The van der Waals surface area contributed by atoms with Crippen molar-refractivity contribution >= 4 is 5.69 Å². The Morgan fingerprint density at radius 3 is 2.83 bits per heavy atom. The van der Waals surface area contributed by atoms with Gasteiger partial charge in [-0.2, -0.15) is 0 Å². The van der Waals surface area contributed by atoms with Crippen LogP contribution in [0.3, 0.4) is 0 Å². The molecule has 0 spiro atoms. The summed E-state index contributed by atoms with van der Waals surface area (Å²) in [6.45, 7) is 6.98. The van der Waals surface area contributed by atoms with E-state index in [2.05, 4.69) is 25.5 Å². The van der Waals surface area contributed by atoms with Crippen molar-refractivity contribution in [2.75, 3.05) is 31.6 Å². The molecule has 2 fully saturated rings. The second-order valence-electron chi connectivity index (χ2n) is 9.85. The Morgan fingerprint density at radius 2 is 2.09 bits per heavy atom. The van der Waals surface area contributed by atoms with Gasteiger partial charge in [-0.05, 0) is 58.1 Å². The van der Waals surface area contributed by atoms with E-state index in [1.807, 2.05) is 32.3 Å². The van der Waals surface area contributed by atoms with Gasteiger partial charge in [-0.1, -0.05) is 11.6 Å². The van der Waals surface area contributed by atoms with Crippen LogP contribution in [-0.4, -0.2) is 57.3 Å². The molecule has 0 bridgehead atoms. The Balaban J connectivity index is 1.28. The number of hydrogen-bond donors (Lipinski definition) is 1. The molecule has 0 radical (unpaired) electrons. The highest BCUT2D eigenvalue weighted by molar-refractivity contribution is 5.64. The molecule has 3 aromatic rings. The molecule has 0 amide bonds. The van der Waals surface area contributed by atoms with E-state index in [1.165, 1.54) is 25.7 Å². The summed E-state index contributed by atoms with van der Waals surface area (Å²) in [4.78, 5) is 19.7. The van der Waals surface area contributed by atoms with Crippen molar-refractivity contribution in [3.05, 3.63) is 52.8 Å². The van der Waals surface area contributed by atoms with Crippen LogP contribution >= 0.6 is 0 Å². The summed E-state index contributed by atoms with van der Waals surface area (Å²) in [5.41, 5.74) is 3.45. The molecule has 2 atom stereocenters. The Hall–Kier alpha value is -3.20. The lowest BCUT2D eigenvalue weighted by Crippen LogP contribution is -2.47. The first-order valence-electron chi connectivity index (χ1n) is 12.6. The molecule has 4 heterocycles. The summed E-state index contributed by atoms with van der Waals surface area (Å²) in [5.74, 6) is 1.56. The van der Waals surface area contributed by atoms with Crippen LogP contribution in [0.15, 0.2) is 41.7 Å². The largest absolute Gasteiger partial charge is 0.495 e. The van der Waals surface area contributed by atoms with Gasteiger partial charge in [0.1, 0.15) is 17.6 Å². The van der Waals surface area contributed by atoms with Crippen molar-refractivity contribution in [1.82, 2.24) is 29.9 Å². The number of anilines is 1. The average Bonchev–Trinajstić information content (AvgIpc) is 3.33. The van der Waals surface area contributed by atoms with Crippen molar-refractivity contribution in [2.45, 2.75) is 58.2 Å². The molecule has 1 N–H and O–H groups in total. The van der Waals surface area contributed by atoms with E-state index >= 15 is 0 Å². The normalized spacial score (nSPS) is 19.4. The van der Waals surface area contributed by atoms with Crippen LogP contribution in [0, 0.1) is 12.8 Å². The predicted molar refractivity (Wildman–Crippen MR) is 136 cm³/mol. The van der Waals surface area contributed by atoms with Crippen LogP contribution in [0.5, 0.6) is 5.75 Å². The van der Waals surface area contributed by atoms with Gasteiger partial charge < -0.3 is 15.0 Å². The van der Waals surface area contributed by atoms with E-state index in [1.54, 1.807) is 34.8 Å². The minimum absolute atomic E-state index is 0.0455. The maximum absolute atomic E-state index is 13.1. The number of nitrogens with one attached hydrogen (secondary N) is 1. The Morgan fingerprint density at radius 1 is 1.23 bits per heavy atom. The molecule has 9 nitrogen and oxygen atoms in total. The van der Waals surface area contributed by atoms with Gasteiger partial charge in [0, 0.05) is 54.4 Å². The molecule has 2 aliphatic rings.